The first-order chi connectivity index (χ1) is 20.5. The number of hydrogen-bond acceptors (Lipinski definition) is 4. The van der Waals surface area contributed by atoms with Gasteiger partial charge >= 0.3 is 0 Å². The minimum atomic E-state index is -0.250. The summed E-state index contributed by atoms with van der Waals surface area (Å²) in [6.45, 7) is 3.12. The number of halogens is 1. The summed E-state index contributed by atoms with van der Waals surface area (Å²) >= 11 is 3.48. The van der Waals surface area contributed by atoms with Gasteiger partial charge in [-0.2, -0.15) is 0 Å². The molecule has 0 saturated heterocycles. The molecule has 42 heavy (non-hydrogen) atoms. The van der Waals surface area contributed by atoms with E-state index in [1.807, 2.05) is 66.7 Å². The van der Waals surface area contributed by atoms with E-state index in [1.54, 1.807) is 0 Å². The number of carboxylic acid groups (broad SMARTS) is 1. The summed E-state index contributed by atoms with van der Waals surface area (Å²) in [4.78, 5) is 21.3. The van der Waals surface area contributed by atoms with Crippen LogP contribution in [0.5, 0.6) is 17.2 Å². The second-order valence-corrected chi connectivity index (χ2v) is 10.5. The number of benzene rings is 4. The van der Waals surface area contributed by atoms with E-state index in [2.05, 4.69) is 58.5 Å². The molecule has 0 bridgehead atoms. The highest BCUT2D eigenvalue weighted by Crippen LogP contribution is 2.33. The Bertz CT molecular complexity index is 1380. The molecule has 0 fully saturated rings. The number of ether oxygens (including phenoxy) is 2. The predicted molar refractivity (Wildman–Crippen MR) is 172 cm³/mol. The number of para-hydroxylation sites is 2. The summed E-state index contributed by atoms with van der Waals surface area (Å²) < 4.78 is 13.0. The molecule has 0 aliphatic carbocycles. The SMILES string of the molecule is CCCCCCCOc1ccc(Br)cc1C(=O)NCCc1ccc(-c2ccccc2Oc2ccccc2)cc1.O=CO. The van der Waals surface area contributed by atoms with Crippen molar-refractivity contribution < 1.29 is 24.2 Å². The lowest BCUT2D eigenvalue weighted by atomic mass is 10.0. The molecule has 0 spiro atoms. The molecule has 0 unspecified atom stereocenters. The van der Waals surface area contributed by atoms with Crippen LogP contribution in [-0.2, 0) is 11.2 Å². The lowest BCUT2D eigenvalue weighted by Crippen LogP contribution is -2.26. The van der Waals surface area contributed by atoms with Gasteiger partial charge in [0.2, 0.25) is 0 Å². The third-order valence-corrected chi connectivity index (χ3v) is 7.01. The maximum absolute atomic E-state index is 13.0. The largest absolute Gasteiger partial charge is 0.493 e. The third kappa shape index (κ3) is 10.7. The van der Waals surface area contributed by atoms with E-state index in [-0.39, 0.29) is 12.4 Å². The van der Waals surface area contributed by atoms with Crippen LogP contribution in [0.25, 0.3) is 11.1 Å². The first-order valence-corrected chi connectivity index (χ1v) is 15.0. The van der Waals surface area contributed by atoms with E-state index >= 15 is 0 Å². The minimum Gasteiger partial charge on any atom is -0.493 e. The Morgan fingerprint density at radius 2 is 1.55 bits per heavy atom. The highest BCUT2D eigenvalue weighted by molar-refractivity contribution is 9.10. The van der Waals surface area contributed by atoms with E-state index in [0.717, 1.165) is 51.9 Å². The van der Waals surface area contributed by atoms with E-state index in [0.29, 0.717) is 24.5 Å². The number of amides is 1. The number of carbonyl (C=O) groups excluding carboxylic acids is 1. The van der Waals surface area contributed by atoms with Crippen LogP contribution in [0.2, 0.25) is 0 Å². The number of rotatable bonds is 14. The molecule has 7 heteroatoms. The maximum atomic E-state index is 13.0. The van der Waals surface area contributed by atoms with Crippen molar-refractivity contribution in [3.05, 3.63) is 113 Å². The Balaban J connectivity index is 0.00000155. The predicted octanol–water partition coefficient (Wildman–Crippen LogP) is 8.93. The summed E-state index contributed by atoms with van der Waals surface area (Å²) in [5, 5.41) is 9.95. The summed E-state index contributed by atoms with van der Waals surface area (Å²) in [7, 11) is 0. The van der Waals surface area contributed by atoms with E-state index < -0.39 is 0 Å². The minimum absolute atomic E-state index is 0.124. The zero-order chi connectivity index (χ0) is 30.0. The van der Waals surface area contributed by atoms with Crippen LogP contribution in [-0.4, -0.2) is 30.6 Å². The highest BCUT2D eigenvalue weighted by atomic mass is 79.9. The van der Waals surface area contributed by atoms with E-state index in [9.17, 15) is 4.79 Å². The maximum Gasteiger partial charge on any atom is 0.290 e. The van der Waals surface area contributed by atoms with Crippen LogP contribution in [0.4, 0.5) is 0 Å². The van der Waals surface area contributed by atoms with E-state index in [1.165, 1.54) is 19.3 Å². The Hall–Kier alpha value is -4.10. The Kier molecular flexibility index (Phi) is 14.2. The molecule has 0 atom stereocenters. The molecule has 0 heterocycles. The lowest BCUT2D eigenvalue weighted by molar-refractivity contribution is -0.122. The molecule has 4 rings (SSSR count). The van der Waals surface area contributed by atoms with Crippen LogP contribution >= 0.6 is 15.9 Å². The van der Waals surface area contributed by atoms with Gasteiger partial charge in [-0.25, -0.2) is 0 Å². The lowest BCUT2D eigenvalue weighted by Gasteiger charge is -2.13. The van der Waals surface area contributed by atoms with Crippen molar-refractivity contribution in [2.45, 2.75) is 45.4 Å². The smallest absolute Gasteiger partial charge is 0.290 e. The van der Waals surface area contributed by atoms with Crippen molar-refractivity contribution in [2.75, 3.05) is 13.2 Å². The van der Waals surface area contributed by atoms with Crippen molar-refractivity contribution >= 4 is 28.3 Å². The van der Waals surface area contributed by atoms with Gasteiger partial charge < -0.3 is 19.9 Å². The van der Waals surface area contributed by atoms with Crippen molar-refractivity contribution in [1.29, 1.82) is 0 Å². The Morgan fingerprint density at radius 3 is 2.29 bits per heavy atom. The average Bonchev–Trinajstić information content (AvgIpc) is 3.01. The van der Waals surface area contributed by atoms with Crippen LogP contribution in [0, 0.1) is 0 Å². The number of nitrogens with one attached hydrogen (secondary N) is 1. The fraction of sp³-hybridized carbons (Fsp3) is 0.257. The average molecular weight is 633 g/mol. The van der Waals surface area contributed by atoms with Gasteiger partial charge in [0.25, 0.3) is 12.4 Å². The molecule has 220 valence electrons. The number of hydrogen-bond donors (Lipinski definition) is 2. The second-order valence-electron chi connectivity index (χ2n) is 9.62. The monoisotopic (exact) mass is 631 g/mol. The molecule has 4 aromatic carbocycles. The molecule has 0 aromatic heterocycles. The van der Waals surface area contributed by atoms with Gasteiger partial charge in [0, 0.05) is 16.6 Å². The second kappa shape index (κ2) is 18.4. The van der Waals surface area contributed by atoms with E-state index in [4.69, 9.17) is 19.4 Å². The highest BCUT2D eigenvalue weighted by Gasteiger charge is 2.13. The molecular weight excluding hydrogens is 594 g/mol. The molecule has 2 N–H and O–H groups in total. The van der Waals surface area contributed by atoms with Gasteiger partial charge in [-0.3, -0.25) is 9.59 Å². The van der Waals surface area contributed by atoms with Gasteiger partial charge in [0.15, 0.2) is 0 Å². The first kappa shape index (κ1) is 32.4. The Labute approximate surface area is 256 Å². The third-order valence-electron chi connectivity index (χ3n) is 6.51. The fourth-order valence-corrected chi connectivity index (χ4v) is 4.73. The van der Waals surface area contributed by atoms with Crippen molar-refractivity contribution in [1.82, 2.24) is 5.32 Å². The van der Waals surface area contributed by atoms with Crippen molar-refractivity contribution in [2.24, 2.45) is 0 Å². The summed E-state index contributed by atoms with van der Waals surface area (Å²) in [6.07, 6.45) is 6.58. The quantitative estimate of drug-likeness (QED) is 0.107. The normalized spacial score (nSPS) is 10.2. The zero-order valence-corrected chi connectivity index (χ0v) is 25.5. The van der Waals surface area contributed by atoms with Gasteiger partial charge in [0.1, 0.15) is 17.2 Å². The van der Waals surface area contributed by atoms with Gasteiger partial charge in [0.05, 0.1) is 12.2 Å². The standard InChI is InChI=1S/C34H36BrNO3.CH2O2/c1-2-3-4-5-11-24-38-32-21-20-28(35)25-31(32)34(37)36-23-22-26-16-18-27(19-17-26)30-14-9-10-15-33(30)39-29-12-7-6-8-13-29;2-1-3/h6-10,12-21,25H,2-5,11,22-24H2,1H3,(H,36,37);1H,(H,2,3). The number of carbonyl (C=O) groups is 2. The molecule has 0 saturated carbocycles. The zero-order valence-electron chi connectivity index (χ0n) is 23.9. The molecule has 1 amide bonds. The van der Waals surface area contributed by atoms with Crippen LogP contribution < -0.4 is 14.8 Å². The summed E-state index contributed by atoms with van der Waals surface area (Å²) in [6, 6.07) is 31.9. The van der Waals surface area contributed by atoms with Crippen molar-refractivity contribution in [3.63, 3.8) is 0 Å². The number of unbranched alkanes of at least 4 members (excludes halogenated alkanes) is 4. The summed E-state index contributed by atoms with van der Waals surface area (Å²) in [5.74, 6) is 2.13. The van der Waals surface area contributed by atoms with Crippen LogP contribution in [0.15, 0.2) is 102 Å². The van der Waals surface area contributed by atoms with Gasteiger partial charge in [-0.1, -0.05) is 109 Å². The summed E-state index contributed by atoms with van der Waals surface area (Å²) in [5.41, 5.74) is 3.83. The molecule has 6 nitrogen and oxygen atoms in total. The Morgan fingerprint density at radius 1 is 0.857 bits per heavy atom. The molecule has 0 aliphatic rings. The van der Waals surface area contributed by atoms with Gasteiger partial charge in [-0.05, 0) is 60.4 Å². The topological polar surface area (TPSA) is 84.9 Å². The molecular formula is C35H38BrNO5. The molecule has 4 aromatic rings. The van der Waals surface area contributed by atoms with Crippen molar-refractivity contribution in [3.8, 4) is 28.4 Å². The van der Waals surface area contributed by atoms with Crippen LogP contribution in [0.3, 0.4) is 0 Å². The first-order valence-electron chi connectivity index (χ1n) is 14.2. The molecule has 0 radical (unpaired) electrons. The fourth-order valence-electron chi connectivity index (χ4n) is 4.37. The van der Waals surface area contributed by atoms with Crippen LogP contribution in [0.1, 0.15) is 54.9 Å². The van der Waals surface area contributed by atoms with Gasteiger partial charge in [-0.15, -0.1) is 0 Å². The molecule has 0 aliphatic heterocycles.